The molecule has 0 bridgehead atoms. The Morgan fingerprint density at radius 3 is 2.74 bits per heavy atom. The monoisotopic (exact) mass is 266 g/mol. The predicted molar refractivity (Wildman–Crippen MR) is 77.0 cm³/mol. The summed E-state index contributed by atoms with van der Waals surface area (Å²) >= 11 is 0. The van der Waals surface area contributed by atoms with Crippen molar-refractivity contribution < 1.29 is 10.2 Å². The van der Waals surface area contributed by atoms with Crippen molar-refractivity contribution in [1.29, 1.82) is 0 Å². The highest BCUT2D eigenvalue weighted by atomic mass is 16.3. The van der Waals surface area contributed by atoms with Crippen LogP contribution in [-0.4, -0.2) is 21.2 Å². The smallest absolute Gasteiger partial charge is 0.141 e. The van der Waals surface area contributed by atoms with E-state index in [0.717, 1.165) is 12.0 Å². The number of unbranched alkanes of at least 4 members (excludes halogenated alkanes) is 2. The summed E-state index contributed by atoms with van der Waals surface area (Å²) in [4.78, 5) is 4.06. The van der Waals surface area contributed by atoms with Gasteiger partial charge >= 0.3 is 0 Å². The molecule has 0 spiro atoms. The molecule has 4 heteroatoms. The van der Waals surface area contributed by atoms with E-state index in [1.54, 1.807) is 13.1 Å². The fourth-order valence-electron chi connectivity index (χ4n) is 2.10. The Bertz CT molecular complexity index is 394. The van der Waals surface area contributed by atoms with Crippen molar-refractivity contribution in [1.82, 2.24) is 10.3 Å². The lowest BCUT2D eigenvalue weighted by atomic mass is 10.1. The number of aliphatic hydroxyl groups excluding tert-OH is 1. The molecular formula is C15H26N2O2. The summed E-state index contributed by atoms with van der Waals surface area (Å²) < 4.78 is 0. The maximum Gasteiger partial charge on any atom is 0.141 e. The molecular weight excluding hydrogens is 240 g/mol. The molecule has 1 rings (SSSR count). The average Bonchev–Trinajstić information content (AvgIpc) is 2.40. The quantitative estimate of drug-likeness (QED) is 0.633. The van der Waals surface area contributed by atoms with Crippen LogP contribution in [0.1, 0.15) is 56.4 Å². The van der Waals surface area contributed by atoms with E-state index in [4.69, 9.17) is 0 Å². The Labute approximate surface area is 115 Å². The number of aryl methyl sites for hydroxylation is 1. The zero-order valence-corrected chi connectivity index (χ0v) is 12.2. The molecule has 1 unspecified atom stereocenters. The van der Waals surface area contributed by atoms with Gasteiger partial charge in [-0.3, -0.25) is 4.98 Å². The molecule has 0 saturated carbocycles. The van der Waals surface area contributed by atoms with Gasteiger partial charge in [-0.1, -0.05) is 26.2 Å². The maximum atomic E-state index is 10.0. The largest absolute Gasteiger partial charge is 0.506 e. The minimum absolute atomic E-state index is 0.0952. The maximum absolute atomic E-state index is 10.0. The predicted octanol–water partition coefficient (Wildman–Crippen LogP) is 2.65. The standard InChI is InChI=1S/C15H26N2O2/c1-4-5-6-7-11(2)16-9-14-13(10-18)8-17-12(3)15(14)19/h8,11,16,18-19H,4-7,9-10H2,1-3H3. The summed E-state index contributed by atoms with van der Waals surface area (Å²) in [6, 6.07) is 0.408. The van der Waals surface area contributed by atoms with E-state index >= 15 is 0 Å². The lowest BCUT2D eigenvalue weighted by Crippen LogP contribution is -2.26. The Kier molecular flexibility index (Phi) is 6.81. The van der Waals surface area contributed by atoms with Crippen LogP contribution in [0.2, 0.25) is 0 Å². The SMILES string of the molecule is CCCCCC(C)NCc1c(CO)cnc(C)c1O. The first kappa shape index (κ1) is 15.9. The van der Waals surface area contributed by atoms with E-state index in [0.29, 0.717) is 23.8 Å². The highest BCUT2D eigenvalue weighted by Gasteiger charge is 2.12. The van der Waals surface area contributed by atoms with Crippen LogP contribution in [0.25, 0.3) is 0 Å². The van der Waals surface area contributed by atoms with Gasteiger partial charge in [-0.25, -0.2) is 0 Å². The molecule has 0 saturated heterocycles. The topological polar surface area (TPSA) is 65.4 Å². The van der Waals surface area contributed by atoms with Crippen molar-refractivity contribution in [3.05, 3.63) is 23.0 Å². The first-order valence-electron chi connectivity index (χ1n) is 7.10. The lowest BCUT2D eigenvalue weighted by Gasteiger charge is -2.16. The van der Waals surface area contributed by atoms with Gasteiger partial charge in [0.1, 0.15) is 5.75 Å². The van der Waals surface area contributed by atoms with E-state index in [1.807, 2.05) is 0 Å². The second kappa shape index (κ2) is 8.12. The van der Waals surface area contributed by atoms with Crippen LogP contribution in [0.15, 0.2) is 6.20 Å². The van der Waals surface area contributed by atoms with Gasteiger partial charge in [0, 0.05) is 29.9 Å². The molecule has 4 nitrogen and oxygen atoms in total. The summed E-state index contributed by atoms with van der Waals surface area (Å²) in [5.41, 5.74) is 2.06. The fraction of sp³-hybridized carbons (Fsp3) is 0.667. The van der Waals surface area contributed by atoms with Crippen molar-refractivity contribution in [3.63, 3.8) is 0 Å². The zero-order chi connectivity index (χ0) is 14.3. The van der Waals surface area contributed by atoms with Gasteiger partial charge in [-0.15, -0.1) is 0 Å². The molecule has 0 aliphatic heterocycles. The first-order chi connectivity index (χ1) is 9.10. The van der Waals surface area contributed by atoms with Crippen LogP contribution in [0.4, 0.5) is 0 Å². The molecule has 108 valence electrons. The number of nitrogens with zero attached hydrogens (tertiary/aromatic N) is 1. The zero-order valence-electron chi connectivity index (χ0n) is 12.2. The van der Waals surface area contributed by atoms with Gasteiger partial charge in [-0.2, -0.15) is 0 Å². The van der Waals surface area contributed by atoms with Crippen molar-refractivity contribution in [3.8, 4) is 5.75 Å². The minimum atomic E-state index is -0.0952. The molecule has 0 radical (unpaired) electrons. The first-order valence-corrected chi connectivity index (χ1v) is 7.10. The normalized spacial score (nSPS) is 12.6. The number of aromatic nitrogens is 1. The highest BCUT2D eigenvalue weighted by molar-refractivity contribution is 5.40. The van der Waals surface area contributed by atoms with E-state index in [9.17, 15) is 10.2 Å². The molecule has 0 aromatic carbocycles. The summed E-state index contributed by atoms with van der Waals surface area (Å²) in [7, 11) is 0. The summed E-state index contributed by atoms with van der Waals surface area (Å²) in [5, 5.41) is 22.7. The summed E-state index contributed by atoms with van der Waals surface area (Å²) in [6.07, 6.45) is 6.47. The molecule has 1 aromatic rings. The van der Waals surface area contributed by atoms with E-state index < -0.39 is 0 Å². The van der Waals surface area contributed by atoms with E-state index in [2.05, 4.69) is 24.1 Å². The Morgan fingerprint density at radius 1 is 1.37 bits per heavy atom. The van der Waals surface area contributed by atoms with Gasteiger partial charge in [0.05, 0.1) is 12.3 Å². The Morgan fingerprint density at radius 2 is 2.11 bits per heavy atom. The molecule has 0 aliphatic carbocycles. The lowest BCUT2D eigenvalue weighted by molar-refractivity contribution is 0.278. The van der Waals surface area contributed by atoms with Gasteiger partial charge < -0.3 is 15.5 Å². The molecule has 1 atom stereocenters. The van der Waals surface area contributed by atoms with Crippen LogP contribution in [0.3, 0.4) is 0 Å². The minimum Gasteiger partial charge on any atom is -0.506 e. The van der Waals surface area contributed by atoms with E-state index in [-0.39, 0.29) is 12.4 Å². The van der Waals surface area contributed by atoms with Crippen molar-refractivity contribution >= 4 is 0 Å². The third-order valence-electron chi connectivity index (χ3n) is 3.47. The van der Waals surface area contributed by atoms with Crippen molar-refractivity contribution in [2.45, 2.75) is 65.6 Å². The van der Waals surface area contributed by atoms with Crippen molar-refractivity contribution in [2.75, 3.05) is 0 Å². The Balaban J connectivity index is 2.59. The third kappa shape index (κ3) is 4.80. The van der Waals surface area contributed by atoms with Crippen LogP contribution in [0, 0.1) is 6.92 Å². The van der Waals surface area contributed by atoms with E-state index in [1.165, 1.54) is 19.3 Å². The number of rotatable bonds is 8. The second-order valence-corrected chi connectivity index (χ2v) is 5.13. The van der Waals surface area contributed by atoms with Crippen LogP contribution < -0.4 is 5.32 Å². The van der Waals surface area contributed by atoms with Crippen LogP contribution in [-0.2, 0) is 13.2 Å². The van der Waals surface area contributed by atoms with Crippen LogP contribution >= 0.6 is 0 Å². The summed E-state index contributed by atoms with van der Waals surface area (Å²) in [6.45, 7) is 6.59. The van der Waals surface area contributed by atoms with Crippen LogP contribution in [0.5, 0.6) is 5.75 Å². The second-order valence-electron chi connectivity index (χ2n) is 5.13. The molecule has 0 fully saturated rings. The fourth-order valence-corrected chi connectivity index (χ4v) is 2.10. The molecule has 1 heterocycles. The molecule has 0 amide bonds. The molecule has 3 N–H and O–H groups in total. The average molecular weight is 266 g/mol. The number of aliphatic hydroxyl groups is 1. The van der Waals surface area contributed by atoms with Crippen molar-refractivity contribution in [2.24, 2.45) is 0 Å². The molecule has 19 heavy (non-hydrogen) atoms. The number of aromatic hydroxyl groups is 1. The third-order valence-corrected chi connectivity index (χ3v) is 3.47. The van der Waals surface area contributed by atoms with Gasteiger partial charge in [0.2, 0.25) is 0 Å². The van der Waals surface area contributed by atoms with Gasteiger partial charge in [0.15, 0.2) is 0 Å². The Hall–Kier alpha value is -1.13. The molecule has 1 aromatic heterocycles. The summed E-state index contributed by atoms with van der Waals surface area (Å²) in [5.74, 6) is 0.194. The highest BCUT2D eigenvalue weighted by Crippen LogP contribution is 2.23. The number of hydrogen-bond acceptors (Lipinski definition) is 4. The van der Waals surface area contributed by atoms with Gasteiger partial charge in [0.25, 0.3) is 0 Å². The van der Waals surface area contributed by atoms with Gasteiger partial charge in [-0.05, 0) is 20.3 Å². The number of hydrogen-bond donors (Lipinski definition) is 3. The number of pyridine rings is 1. The number of nitrogens with one attached hydrogen (secondary N) is 1. The molecule has 0 aliphatic rings.